The van der Waals surface area contributed by atoms with Crippen molar-refractivity contribution in [2.24, 2.45) is 0 Å². The van der Waals surface area contributed by atoms with Gasteiger partial charge in [0.25, 0.3) is 5.91 Å². The fourth-order valence-electron chi connectivity index (χ4n) is 1.85. The Kier molecular flexibility index (Phi) is 4.10. The van der Waals surface area contributed by atoms with Crippen molar-refractivity contribution in [3.63, 3.8) is 0 Å². The summed E-state index contributed by atoms with van der Waals surface area (Å²) in [4.78, 5) is 12.0. The second-order valence-corrected chi connectivity index (χ2v) is 4.28. The van der Waals surface area contributed by atoms with Crippen LogP contribution >= 0.6 is 0 Å². The summed E-state index contributed by atoms with van der Waals surface area (Å²) in [5.74, 6) is -0.273. The molecule has 2 aromatic rings. The molecule has 5 nitrogen and oxygen atoms in total. The third-order valence-electron chi connectivity index (χ3n) is 2.87. The van der Waals surface area contributed by atoms with Crippen molar-refractivity contribution in [3.05, 3.63) is 53.6 Å². The zero-order valence-electron chi connectivity index (χ0n) is 11.1. The molecule has 0 spiro atoms. The number of nitrogens with one attached hydrogen (secondary N) is 1. The molecule has 4 N–H and O–H groups in total. The number of carbonyl (C=O) groups excluding carboxylic acids is 1. The molecule has 0 atom stereocenters. The van der Waals surface area contributed by atoms with Gasteiger partial charge >= 0.3 is 0 Å². The lowest BCUT2D eigenvalue weighted by atomic mass is 10.1. The highest BCUT2D eigenvalue weighted by Crippen LogP contribution is 2.29. The van der Waals surface area contributed by atoms with Crippen LogP contribution in [0.3, 0.4) is 0 Å². The van der Waals surface area contributed by atoms with E-state index in [0.29, 0.717) is 12.2 Å². The largest absolute Gasteiger partial charge is 0.504 e. The first-order valence-corrected chi connectivity index (χ1v) is 6.10. The van der Waals surface area contributed by atoms with Gasteiger partial charge in [0.05, 0.1) is 12.7 Å². The molecule has 0 heterocycles. The standard InChI is InChI=1S/C15H16N2O3/c1-20-13-7-3-6-12(14(13)18)15(19)17-9-10-4-2-5-11(16)8-10/h2-8,18H,9,16H2,1H3,(H,17,19). The number of para-hydroxylation sites is 1. The monoisotopic (exact) mass is 272 g/mol. The molecule has 20 heavy (non-hydrogen) atoms. The maximum atomic E-state index is 12.0. The van der Waals surface area contributed by atoms with Crippen LogP contribution in [-0.4, -0.2) is 18.1 Å². The fourth-order valence-corrected chi connectivity index (χ4v) is 1.85. The molecule has 0 aromatic heterocycles. The molecule has 5 heteroatoms. The number of amides is 1. The lowest BCUT2D eigenvalue weighted by molar-refractivity contribution is 0.0947. The predicted molar refractivity (Wildman–Crippen MR) is 76.7 cm³/mol. The molecule has 104 valence electrons. The number of rotatable bonds is 4. The summed E-state index contributed by atoms with van der Waals surface area (Å²) in [5, 5.41) is 12.6. The van der Waals surface area contributed by atoms with E-state index in [1.54, 1.807) is 24.3 Å². The highest BCUT2D eigenvalue weighted by Gasteiger charge is 2.14. The number of nitrogen functional groups attached to an aromatic ring is 1. The van der Waals surface area contributed by atoms with E-state index in [0.717, 1.165) is 5.56 Å². The number of anilines is 1. The van der Waals surface area contributed by atoms with E-state index in [1.807, 2.05) is 12.1 Å². The summed E-state index contributed by atoms with van der Waals surface area (Å²) in [5.41, 5.74) is 7.37. The molecule has 0 radical (unpaired) electrons. The van der Waals surface area contributed by atoms with Gasteiger partial charge in [0, 0.05) is 12.2 Å². The Labute approximate surface area is 117 Å². The van der Waals surface area contributed by atoms with Crippen molar-refractivity contribution in [1.29, 1.82) is 0 Å². The molecular formula is C15H16N2O3. The van der Waals surface area contributed by atoms with Crippen molar-refractivity contribution in [1.82, 2.24) is 5.32 Å². The summed E-state index contributed by atoms with van der Waals surface area (Å²) in [6.45, 7) is 0.334. The normalized spacial score (nSPS) is 10.1. The van der Waals surface area contributed by atoms with Gasteiger partial charge < -0.3 is 20.9 Å². The van der Waals surface area contributed by atoms with E-state index in [2.05, 4.69) is 5.32 Å². The van der Waals surface area contributed by atoms with Gasteiger partial charge in [-0.15, -0.1) is 0 Å². The molecule has 2 rings (SSSR count). The first kappa shape index (κ1) is 13.7. The molecular weight excluding hydrogens is 256 g/mol. The summed E-state index contributed by atoms with van der Waals surface area (Å²) in [7, 11) is 1.43. The molecule has 0 unspecified atom stereocenters. The number of aromatic hydroxyl groups is 1. The first-order chi connectivity index (χ1) is 9.61. The Hall–Kier alpha value is -2.69. The van der Waals surface area contributed by atoms with Crippen LogP contribution in [0.15, 0.2) is 42.5 Å². The molecule has 0 aliphatic heterocycles. The second-order valence-electron chi connectivity index (χ2n) is 4.28. The maximum absolute atomic E-state index is 12.0. The van der Waals surface area contributed by atoms with E-state index < -0.39 is 0 Å². The number of phenols is 1. The third kappa shape index (κ3) is 3.00. The Morgan fingerprint density at radius 2 is 2.05 bits per heavy atom. The van der Waals surface area contributed by atoms with E-state index in [1.165, 1.54) is 13.2 Å². The zero-order chi connectivity index (χ0) is 14.5. The lowest BCUT2D eigenvalue weighted by Gasteiger charge is -2.09. The van der Waals surface area contributed by atoms with Crippen LogP contribution in [0.25, 0.3) is 0 Å². The van der Waals surface area contributed by atoms with Gasteiger partial charge in [-0.1, -0.05) is 18.2 Å². The van der Waals surface area contributed by atoms with Crippen LogP contribution in [-0.2, 0) is 6.54 Å². The van der Waals surface area contributed by atoms with Gasteiger partial charge in [0.1, 0.15) is 0 Å². The van der Waals surface area contributed by atoms with Gasteiger partial charge in [0.2, 0.25) is 0 Å². The van der Waals surface area contributed by atoms with Crippen LogP contribution in [0, 0.1) is 0 Å². The number of hydrogen-bond donors (Lipinski definition) is 3. The average molecular weight is 272 g/mol. The molecule has 2 aromatic carbocycles. The van der Waals surface area contributed by atoms with Crippen LogP contribution < -0.4 is 15.8 Å². The van der Waals surface area contributed by atoms with E-state index >= 15 is 0 Å². The average Bonchev–Trinajstić information content (AvgIpc) is 2.45. The van der Waals surface area contributed by atoms with Crippen molar-refractivity contribution >= 4 is 11.6 Å². The molecule has 0 fully saturated rings. The highest BCUT2D eigenvalue weighted by atomic mass is 16.5. The molecule has 0 bridgehead atoms. The summed E-state index contributed by atoms with van der Waals surface area (Å²) < 4.78 is 4.97. The zero-order valence-corrected chi connectivity index (χ0v) is 11.1. The minimum absolute atomic E-state index is 0.167. The minimum atomic E-state index is -0.371. The number of carbonyl (C=O) groups is 1. The highest BCUT2D eigenvalue weighted by molar-refractivity contribution is 5.97. The fraction of sp³-hybridized carbons (Fsp3) is 0.133. The van der Waals surface area contributed by atoms with E-state index in [4.69, 9.17) is 10.5 Å². The third-order valence-corrected chi connectivity index (χ3v) is 2.87. The van der Waals surface area contributed by atoms with Crippen molar-refractivity contribution in [3.8, 4) is 11.5 Å². The van der Waals surface area contributed by atoms with Crippen LogP contribution in [0.5, 0.6) is 11.5 Å². The maximum Gasteiger partial charge on any atom is 0.255 e. The number of nitrogens with two attached hydrogens (primary N) is 1. The Morgan fingerprint density at radius 3 is 2.75 bits per heavy atom. The molecule has 0 aliphatic carbocycles. The number of methoxy groups -OCH3 is 1. The number of phenolic OH excluding ortho intramolecular Hbond substituents is 1. The quantitative estimate of drug-likeness (QED) is 0.742. The van der Waals surface area contributed by atoms with Crippen molar-refractivity contribution < 1.29 is 14.6 Å². The molecule has 0 aliphatic rings. The van der Waals surface area contributed by atoms with E-state index in [-0.39, 0.29) is 23.0 Å². The SMILES string of the molecule is COc1cccc(C(=O)NCc2cccc(N)c2)c1O. The van der Waals surface area contributed by atoms with E-state index in [9.17, 15) is 9.90 Å². The second kappa shape index (κ2) is 5.97. The number of ether oxygens (including phenoxy) is 1. The van der Waals surface area contributed by atoms with Gasteiger partial charge in [-0.3, -0.25) is 4.79 Å². The number of hydrogen-bond acceptors (Lipinski definition) is 4. The molecule has 0 saturated carbocycles. The van der Waals surface area contributed by atoms with Crippen molar-refractivity contribution in [2.75, 3.05) is 12.8 Å². The summed E-state index contributed by atoms with van der Waals surface area (Å²) >= 11 is 0. The lowest BCUT2D eigenvalue weighted by Crippen LogP contribution is -2.23. The Morgan fingerprint density at radius 1 is 1.30 bits per heavy atom. The van der Waals surface area contributed by atoms with Gasteiger partial charge in [-0.2, -0.15) is 0 Å². The Bertz CT molecular complexity index is 626. The van der Waals surface area contributed by atoms with Crippen LogP contribution in [0.4, 0.5) is 5.69 Å². The first-order valence-electron chi connectivity index (χ1n) is 6.10. The summed E-state index contributed by atoms with van der Waals surface area (Å²) in [6.07, 6.45) is 0. The predicted octanol–water partition coefficient (Wildman–Crippen LogP) is 1.91. The minimum Gasteiger partial charge on any atom is -0.504 e. The molecule has 0 saturated heterocycles. The number of benzene rings is 2. The van der Waals surface area contributed by atoms with Crippen molar-refractivity contribution in [2.45, 2.75) is 6.54 Å². The van der Waals surface area contributed by atoms with Gasteiger partial charge in [0.15, 0.2) is 11.5 Å². The van der Waals surface area contributed by atoms with Gasteiger partial charge in [-0.25, -0.2) is 0 Å². The Balaban J connectivity index is 2.09. The van der Waals surface area contributed by atoms with Crippen LogP contribution in [0.2, 0.25) is 0 Å². The smallest absolute Gasteiger partial charge is 0.255 e. The topological polar surface area (TPSA) is 84.6 Å². The summed E-state index contributed by atoms with van der Waals surface area (Å²) in [6, 6.07) is 12.0. The van der Waals surface area contributed by atoms with Crippen LogP contribution in [0.1, 0.15) is 15.9 Å². The van der Waals surface area contributed by atoms with Gasteiger partial charge in [-0.05, 0) is 29.8 Å². The molecule has 1 amide bonds.